The molecule has 0 aromatic heterocycles. The van der Waals surface area contributed by atoms with Crippen LogP contribution < -0.4 is 0 Å². The Hall–Kier alpha value is -0.670. The number of hydrogen-bond donors (Lipinski definition) is 1. The highest BCUT2D eigenvalue weighted by Gasteiger charge is 2.31. The number of halogens is 2. The van der Waals surface area contributed by atoms with Crippen molar-refractivity contribution in [3.63, 3.8) is 0 Å². The molecule has 4 heteroatoms. The van der Waals surface area contributed by atoms with Crippen LogP contribution in [0.4, 0.5) is 4.39 Å². The van der Waals surface area contributed by atoms with Gasteiger partial charge in [0.2, 0.25) is 5.85 Å². The van der Waals surface area contributed by atoms with Crippen LogP contribution in [0.2, 0.25) is 0 Å². The Kier molecular flexibility index (Phi) is 2.11. The molecule has 0 heterocycles. The third-order valence-corrected chi connectivity index (χ3v) is 1.80. The molecule has 60 valence electrons. The summed E-state index contributed by atoms with van der Waals surface area (Å²) in [6, 6.07) is 0. The Morgan fingerprint density at radius 1 is 1.82 bits per heavy atom. The first kappa shape index (κ1) is 8.43. The Bertz CT molecular complexity index is 243. The maximum absolute atomic E-state index is 12.8. The molecule has 1 rings (SSSR count). The lowest BCUT2D eigenvalue weighted by Crippen LogP contribution is -2.24. The topological polar surface area (TPSA) is 37.3 Å². The zero-order valence-electron chi connectivity index (χ0n) is 5.55. The lowest BCUT2D eigenvalue weighted by Gasteiger charge is -2.19. The lowest BCUT2D eigenvalue weighted by molar-refractivity contribution is -0.104. The van der Waals surface area contributed by atoms with Crippen molar-refractivity contribution in [3.05, 3.63) is 22.8 Å². The number of aldehydes is 1. The van der Waals surface area contributed by atoms with E-state index in [0.29, 0.717) is 6.29 Å². The van der Waals surface area contributed by atoms with E-state index in [1.165, 1.54) is 6.08 Å². The smallest absolute Gasteiger partial charge is 0.247 e. The number of rotatable bonds is 1. The molecule has 0 aromatic carbocycles. The third kappa shape index (κ3) is 1.67. The summed E-state index contributed by atoms with van der Waals surface area (Å²) in [4.78, 5) is 10.1. The number of hydrogen-bond acceptors (Lipinski definition) is 2. The molecule has 0 saturated carbocycles. The van der Waals surface area contributed by atoms with E-state index in [1.807, 2.05) is 0 Å². The summed E-state index contributed by atoms with van der Waals surface area (Å²) in [6.45, 7) is 0. The molecular weight excluding hydrogens is 171 g/mol. The molecule has 0 fully saturated rings. The van der Waals surface area contributed by atoms with E-state index in [9.17, 15) is 9.18 Å². The van der Waals surface area contributed by atoms with Gasteiger partial charge in [-0.15, -0.1) is 0 Å². The molecule has 2 nitrogen and oxygen atoms in total. The number of alkyl halides is 1. The van der Waals surface area contributed by atoms with Gasteiger partial charge in [0, 0.05) is 12.0 Å². The molecule has 0 aromatic rings. The summed E-state index contributed by atoms with van der Waals surface area (Å²) in [5.41, 5.74) is 0.289. The fraction of sp³-hybridized carbons (Fsp3) is 0.286. The average molecular weight is 177 g/mol. The summed E-state index contributed by atoms with van der Waals surface area (Å²) in [6.07, 6.45) is 2.69. The lowest BCUT2D eigenvalue weighted by atomic mass is 10.0. The van der Waals surface area contributed by atoms with Gasteiger partial charge in [-0.25, -0.2) is 4.39 Å². The van der Waals surface area contributed by atoms with Gasteiger partial charge in [-0.1, -0.05) is 17.7 Å². The molecule has 0 saturated heterocycles. The summed E-state index contributed by atoms with van der Waals surface area (Å²) >= 11 is 5.32. The van der Waals surface area contributed by atoms with Crippen LogP contribution in [0.5, 0.6) is 0 Å². The van der Waals surface area contributed by atoms with Crippen molar-refractivity contribution >= 4 is 17.9 Å². The monoisotopic (exact) mass is 176 g/mol. The fourth-order valence-corrected chi connectivity index (χ4v) is 0.952. The summed E-state index contributed by atoms with van der Waals surface area (Å²) in [5, 5.41) is 8.48. The summed E-state index contributed by atoms with van der Waals surface area (Å²) in [7, 11) is 0. The maximum Gasteiger partial charge on any atom is 0.247 e. The molecular formula is C7H6ClFO2. The van der Waals surface area contributed by atoms with Crippen LogP contribution in [0.3, 0.4) is 0 Å². The first-order valence-electron chi connectivity index (χ1n) is 3.00. The second-order valence-corrected chi connectivity index (χ2v) is 2.68. The largest absolute Gasteiger partial charge is 0.357 e. The number of carbonyl (C=O) groups excluding carboxylic acids is 1. The van der Waals surface area contributed by atoms with Crippen LogP contribution in [-0.2, 0) is 4.79 Å². The van der Waals surface area contributed by atoms with Gasteiger partial charge in [0.05, 0.1) is 5.03 Å². The molecule has 0 aliphatic heterocycles. The van der Waals surface area contributed by atoms with Gasteiger partial charge in [-0.3, -0.25) is 4.79 Å². The van der Waals surface area contributed by atoms with Crippen LogP contribution in [-0.4, -0.2) is 17.2 Å². The second kappa shape index (κ2) is 2.75. The highest BCUT2D eigenvalue weighted by molar-refractivity contribution is 6.31. The van der Waals surface area contributed by atoms with E-state index in [1.54, 1.807) is 0 Å². The van der Waals surface area contributed by atoms with E-state index in [4.69, 9.17) is 16.7 Å². The minimum absolute atomic E-state index is 0.267. The van der Waals surface area contributed by atoms with Gasteiger partial charge < -0.3 is 5.11 Å². The molecule has 0 amide bonds. The first-order valence-corrected chi connectivity index (χ1v) is 3.38. The summed E-state index contributed by atoms with van der Waals surface area (Å²) < 4.78 is 12.8. The van der Waals surface area contributed by atoms with Crippen LogP contribution in [0.1, 0.15) is 6.42 Å². The number of allylic oxidation sites excluding steroid dienone is 2. The molecule has 0 radical (unpaired) electrons. The molecule has 0 spiro atoms. The predicted molar refractivity (Wildman–Crippen MR) is 38.8 cm³/mol. The molecule has 1 unspecified atom stereocenters. The van der Waals surface area contributed by atoms with Crippen LogP contribution >= 0.6 is 11.6 Å². The quantitative estimate of drug-likeness (QED) is 0.612. The van der Waals surface area contributed by atoms with Crippen LogP contribution in [0.15, 0.2) is 22.8 Å². The van der Waals surface area contributed by atoms with Gasteiger partial charge in [0.25, 0.3) is 0 Å². The first-order chi connectivity index (χ1) is 5.06. The molecule has 1 N–H and O–H groups in total. The zero-order valence-corrected chi connectivity index (χ0v) is 6.31. The van der Waals surface area contributed by atoms with Gasteiger partial charge in [0.1, 0.15) is 6.29 Å². The Morgan fingerprint density at radius 2 is 2.45 bits per heavy atom. The number of carbonyl (C=O) groups is 1. The minimum Gasteiger partial charge on any atom is -0.357 e. The van der Waals surface area contributed by atoms with Crippen molar-refractivity contribution in [2.45, 2.75) is 12.3 Å². The van der Waals surface area contributed by atoms with Crippen molar-refractivity contribution in [3.8, 4) is 0 Å². The van der Waals surface area contributed by atoms with Crippen molar-refractivity contribution in [1.29, 1.82) is 0 Å². The minimum atomic E-state index is -2.49. The normalized spacial score (nSPS) is 30.8. The Labute approximate surface area is 68.0 Å². The second-order valence-electron chi connectivity index (χ2n) is 2.28. The van der Waals surface area contributed by atoms with Crippen molar-refractivity contribution in [1.82, 2.24) is 0 Å². The number of aliphatic hydroxyl groups is 1. The maximum atomic E-state index is 12.8. The van der Waals surface area contributed by atoms with E-state index in [0.717, 1.165) is 6.08 Å². The van der Waals surface area contributed by atoms with Crippen LogP contribution in [0, 0.1) is 0 Å². The fourth-order valence-electron chi connectivity index (χ4n) is 0.749. The SMILES string of the molecule is O=CC1=CCC(O)(F)C(Cl)=C1. The van der Waals surface area contributed by atoms with Crippen LogP contribution in [0.25, 0.3) is 0 Å². The molecule has 1 aliphatic carbocycles. The molecule has 0 bridgehead atoms. The van der Waals surface area contributed by atoms with Gasteiger partial charge in [-0.2, -0.15) is 0 Å². The summed E-state index contributed by atoms with van der Waals surface area (Å²) in [5.74, 6) is -2.49. The van der Waals surface area contributed by atoms with Gasteiger partial charge in [0.15, 0.2) is 0 Å². The standard InChI is InChI=1S/C7H6ClFO2/c8-6-3-5(4-10)1-2-7(6,9)11/h1,3-4,11H,2H2. The predicted octanol–water partition coefficient (Wildman–Crippen LogP) is 1.30. The molecule has 1 atom stereocenters. The van der Waals surface area contributed by atoms with Gasteiger partial charge >= 0.3 is 0 Å². The zero-order chi connectivity index (χ0) is 8.48. The van der Waals surface area contributed by atoms with Gasteiger partial charge in [-0.05, 0) is 6.08 Å². The van der Waals surface area contributed by atoms with Crippen molar-refractivity contribution < 1.29 is 14.3 Å². The highest BCUT2D eigenvalue weighted by Crippen LogP contribution is 2.31. The van der Waals surface area contributed by atoms with Crippen molar-refractivity contribution in [2.24, 2.45) is 0 Å². The molecule has 11 heavy (non-hydrogen) atoms. The van der Waals surface area contributed by atoms with E-state index in [2.05, 4.69) is 0 Å². The Balaban J connectivity index is 2.91. The van der Waals surface area contributed by atoms with Crippen molar-refractivity contribution in [2.75, 3.05) is 0 Å². The third-order valence-electron chi connectivity index (χ3n) is 1.40. The van der Waals surface area contributed by atoms with E-state index < -0.39 is 5.85 Å². The highest BCUT2D eigenvalue weighted by atomic mass is 35.5. The molecule has 1 aliphatic rings. The van der Waals surface area contributed by atoms with E-state index in [-0.39, 0.29) is 17.0 Å². The Morgan fingerprint density at radius 3 is 2.91 bits per heavy atom. The average Bonchev–Trinajstić information content (AvgIpc) is 1.95. The van der Waals surface area contributed by atoms with E-state index >= 15 is 0 Å².